The van der Waals surface area contributed by atoms with Crippen LogP contribution in [0.15, 0.2) is 60.9 Å². The first kappa shape index (κ1) is 16.6. The smallest absolute Gasteiger partial charge is 0.254 e. The van der Waals surface area contributed by atoms with E-state index in [1.807, 2.05) is 24.3 Å². The zero-order valence-electron chi connectivity index (χ0n) is 13.6. The Labute approximate surface area is 144 Å². The third kappa shape index (κ3) is 3.98. The molecule has 0 atom stereocenters. The van der Waals surface area contributed by atoms with Crippen LogP contribution in [-0.2, 0) is 6.54 Å². The van der Waals surface area contributed by atoms with Crippen LogP contribution >= 0.6 is 0 Å². The highest BCUT2D eigenvalue weighted by molar-refractivity contribution is 5.94. The summed E-state index contributed by atoms with van der Waals surface area (Å²) in [5.41, 5.74) is 2.27. The van der Waals surface area contributed by atoms with E-state index in [1.54, 1.807) is 19.2 Å². The molecule has 1 heterocycles. The van der Waals surface area contributed by atoms with Gasteiger partial charge in [0.1, 0.15) is 17.9 Å². The predicted molar refractivity (Wildman–Crippen MR) is 91.6 cm³/mol. The molecule has 126 valence electrons. The summed E-state index contributed by atoms with van der Waals surface area (Å²) < 4.78 is 18.8. The molecule has 25 heavy (non-hydrogen) atoms. The number of ether oxygens (including phenoxy) is 1. The maximum Gasteiger partial charge on any atom is 0.254 e. The van der Waals surface area contributed by atoms with Crippen LogP contribution in [0.5, 0.6) is 5.75 Å². The first-order chi connectivity index (χ1) is 12.2. The lowest BCUT2D eigenvalue weighted by Gasteiger charge is -2.07. The van der Waals surface area contributed by atoms with Crippen molar-refractivity contribution in [1.82, 2.24) is 15.3 Å². The third-order valence-electron chi connectivity index (χ3n) is 3.66. The van der Waals surface area contributed by atoms with Gasteiger partial charge in [-0.1, -0.05) is 12.1 Å². The Hall–Kier alpha value is -3.28. The number of methoxy groups -OCH3 is 1. The lowest BCUT2D eigenvalue weighted by molar-refractivity contribution is 0.0946. The molecule has 3 aromatic rings. The van der Waals surface area contributed by atoms with Gasteiger partial charge in [0.15, 0.2) is 0 Å². The van der Waals surface area contributed by atoms with E-state index in [4.69, 9.17) is 4.74 Å². The Balaban J connectivity index is 1.71. The van der Waals surface area contributed by atoms with Crippen LogP contribution in [0.4, 0.5) is 4.39 Å². The molecule has 6 heteroatoms. The topological polar surface area (TPSA) is 64.1 Å². The van der Waals surface area contributed by atoms with E-state index in [9.17, 15) is 9.18 Å². The van der Waals surface area contributed by atoms with Gasteiger partial charge in [0, 0.05) is 5.56 Å². The molecule has 0 aliphatic rings. The number of hydrogen-bond acceptors (Lipinski definition) is 4. The molecule has 1 N–H and O–H groups in total. The maximum absolute atomic E-state index is 13.6. The minimum Gasteiger partial charge on any atom is -0.497 e. The van der Waals surface area contributed by atoms with Gasteiger partial charge in [-0.2, -0.15) is 0 Å². The molecule has 0 unspecified atom stereocenters. The second kappa shape index (κ2) is 7.53. The van der Waals surface area contributed by atoms with E-state index in [0.29, 0.717) is 5.69 Å². The van der Waals surface area contributed by atoms with E-state index in [2.05, 4.69) is 15.3 Å². The number of amides is 1. The lowest BCUT2D eigenvalue weighted by atomic mass is 10.1. The lowest BCUT2D eigenvalue weighted by Crippen LogP contribution is -2.24. The molecule has 0 radical (unpaired) electrons. The molecule has 0 saturated heterocycles. The Morgan fingerprint density at radius 3 is 2.60 bits per heavy atom. The fourth-order valence-corrected chi connectivity index (χ4v) is 2.33. The number of benzene rings is 2. The highest BCUT2D eigenvalue weighted by Crippen LogP contribution is 2.20. The second-order valence-electron chi connectivity index (χ2n) is 5.29. The summed E-state index contributed by atoms with van der Waals surface area (Å²) in [6.45, 7) is 0.179. The quantitative estimate of drug-likeness (QED) is 0.776. The summed E-state index contributed by atoms with van der Waals surface area (Å²) in [4.78, 5) is 20.4. The van der Waals surface area contributed by atoms with E-state index < -0.39 is 11.7 Å². The van der Waals surface area contributed by atoms with Crippen LogP contribution in [0.2, 0.25) is 0 Å². The molecular weight excluding hydrogens is 321 g/mol. The van der Waals surface area contributed by atoms with Crippen LogP contribution in [0, 0.1) is 5.82 Å². The molecule has 0 fully saturated rings. The molecule has 0 aliphatic heterocycles. The molecule has 0 aliphatic carbocycles. The number of nitrogens with one attached hydrogen (secondary N) is 1. The number of halogens is 1. The zero-order valence-corrected chi connectivity index (χ0v) is 13.6. The van der Waals surface area contributed by atoms with E-state index in [0.717, 1.165) is 17.0 Å². The Morgan fingerprint density at radius 1 is 1.12 bits per heavy atom. The van der Waals surface area contributed by atoms with E-state index in [-0.39, 0.29) is 12.1 Å². The minimum absolute atomic E-state index is 0.00642. The average Bonchev–Trinajstić information content (AvgIpc) is 2.67. The van der Waals surface area contributed by atoms with Crippen molar-refractivity contribution in [1.29, 1.82) is 0 Å². The molecule has 0 saturated carbocycles. The summed E-state index contributed by atoms with van der Waals surface area (Å²) in [6, 6.07) is 15.1. The van der Waals surface area contributed by atoms with E-state index >= 15 is 0 Å². The number of rotatable bonds is 5. The number of aromatic nitrogens is 2. The van der Waals surface area contributed by atoms with Crippen molar-refractivity contribution >= 4 is 5.91 Å². The standard InChI is InChI=1S/C19H16FN3O2/c1-25-15-8-6-13(7-9-15)18-10-14(22-12-23-18)11-21-19(24)16-4-2-3-5-17(16)20/h2-10,12H,11H2,1H3,(H,21,24). The molecule has 1 amide bonds. The Kier molecular flexibility index (Phi) is 4.99. The summed E-state index contributed by atoms with van der Waals surface area (Å²) in [5.74, 6) is -0.278. The van der Waals surface area contributed by atoms with Crippen molar-refractivity contribution in [3.63, 3.8) is 0 Å². The van der Waals surface area contributed by atoms with Crippen LogP contribution in [0.1, 0.15) is 16.1 Å². The molecule has 3 rings (SSSR count). The molecule has 0 spiro atoms. The fraction of sp³-hybridized carbons (Fsp3) is 0.105. The third-order valence-corrected chi connectivity index (χ3v) is 3.66. The first-order valence-electron chi connectivity index (χ1n) is 7.65. The Bertz CT molecular complexity index is 882. The Morgan fingerprint density at radius 2 is 1.88 bits per heavy atom. The van der Waals surface area contributed by atoms with Gasteiger partial charge >= 0.3 is 0 Å². The van der Waals surface area contributed by atoms with Crippen molar-refractivity contribution in [3.05, 3.63) is 78.0 Å². The number of carbonyl (C=O) groups is 1. The number of carbonyl (C=O) groups excluding carboxylic acids is 1. The normalized spacial score (nSPS) is 10.3. The van der Waals surface area contributed by atoms with E-state index in [1.165, 1.54) is 24.5 Å². The summed E-state index contributed by atoms with van der Waals surface area (Å²) in [6.07, 6.45) is 1.43. The highest BCUT2D eigenvalue weighted by Gasteiger charge is 2.11. The van der Waals surface area contributed by atoms with Crippen LogP contribution < -0.4 is 10.1 Å². The number of hydrogen-bond donors (Lipinski definition) is 1. The average molecular weight is 337 g/mol. The second-order valence-corrected chi connectivity index (χ2v) is 5.29. The molecular formula is C19H16FN3O2. The van der Waals surface area contributed by atoms with Crippen molar-refractivity contribution < 1.29 is 13.9 Å². The van der Waals surface area contributed by atoms with Crippen molar-refractivity contribution in [3.8, 4) is 17.0 Å². The van der Waals surface area contributed by atoms with Crippen LogP contribution in [0.3, 0.4) is 0 Å². The van der Waals surface area contributed by atoms with Gasteiger partial charge in [0.2, 0.25) is 0 Å². The molecule has 2 aromatic carbocycles. The minimum atomic E-state index is -0.554. The zero-order chi connectivity index (χ0) is 17.6. The van der Waals surface area contributed by atoms with Gasteiger partial charge < -0.3 is 10.1 Å². The van der Waals surface area contributed by atoms with Gasteiger partial charge in [-0.15, -0.1) is 0 Å². The van der Waals surface area contributed by atoms with Crippen molar-refractivity contribution in [2.75, 3.05) is 7.11 Å². The van der Waals surface area contributed by atoms with Gasteiger partial charge in [-0.05, 0) is 42.5 Å². The van der Waals surface area contributed by atoms with Crippen molar-refractivity contribution in [2.45, 2.75) is 6.54 Å². The monoisotopic (exact) mass is 337 g/mol. The maximum atomic E-state index is 13.6. The van der Waals surface area contributed by atoms with Crippen LogP contribution in [0.25, 0.3) is 11.3 Å². The van der Waals surface area contributed by atoms with Gasteiger partial charge in [0.25, 0.3) is 5.91 Å². The molecule has 1 aromatic heterocycles. The first-order valence-corrected chi connectivity index (χ1v) is 7.65. The van der Waals surface area contributed by atoms with Gasteiger partial charge in [0.05, 0.1) is 30.6 Å². The van der Waals surface area contributed by atoms with Crippen LogP contribution in [-0.4, -0.2) is 23.0 Å². The molecule has 5 nitrogen and oxygen atoms in total. The molecule has 0 bridgehead atoms. The fourth-order valence-electron chi connectivity index (χ4n) is 2.33. The number of nitrogens with zero attached hydrogens (tertiary/aromatic N) is 2. The van der Waals surface area contributed by atoms with Gasteiger partial charge in [-0.25, -0.2) is 14.4 Å². The summed E-state index contributed by atoms with van der Waals surface area (Å²) >= 11 is 0. The largest absolute Gasteiger partial charge is 0.497 e. The summed E-state index contributed by atoms with van der Waals surface area (Å²) in [7, 11) is 1.61. The SMILES string of the molecule is COc1ccc(-c2cc(CNC(=O)c3ccccc3F)ncn2)cc1. The van der Waals surface area contributed by atoms with Gasteiger partial charge in [-0.3, -0.25) is 4.79 Å². The predicted octanol–water partition coefficient (Wildman–Crippen LogP) is 3.22. The highest BCUT2D eigenvalue weighted by atomic mass is 19.1. The summed E-state index contributed by atoms with van der Waals surface area (Å²) in [5, 5.41) is 2.66. The van der Waals surface area contributed by atoms with Crippen molar-refractivity contribution in [2.24, 2.45) is 0 Å².